The van der Waals surface area contributed by atoms with Gasteiger partial charge >= 0.3 is 0 Å². The molecular formula is C44H45N7O9. The van der Waals surface area contributed by atoms with Crippen LogP contribution in [0.15, 0.2) is 71.4 Å². The minimum Gasteiger partial charge on any atom is -0.494 e. The quantitative estimate of drug-likeness (QED) is 0.105. The number of aromatic nitrogens is 4. The fourth-order valence-electron chi connectivity index (χ4n) is 8.20. The van der Waals surface area contributed by atoms with Crippen LogP contribution in [0.4, 0.5) is 0 Å². The lowest BCUT2D eigenvalue weighted by Gasteiger charge is -2.40. The van der Waals surface area contributed by atoms with Crippen molar-refractivity contribution in [3.8, 4) is 40.4 Å². The molecule has 310 valence electrons. The number of likely N-dealkylation sites (tertiary alicyclic amines) is 1. The van der Waals surface area contributed by atoms with Gasteiger partial charge in [-0.1, -0.05) is 11.2 Å². The lowest BCUT2D eigenvalue weighted by molar-refractivity contribution is -0.136. The van der Waals surface area contributed by atoms with Crippen LogP contribution in [0.3, 0.4) is 0 Å². The first-order valence-corrected chi connectivity index (χ1v) is 20.6. The van der Waals surface area contributed by atoms with Gasteiger partial charge in [0.05, 0.1) is 42.6 Å². The number of amides is 4. The molecule has 2 saturated heterocycles. The molecule has 3 aliphatic heterocycles. The highest BCUT2D eigenvalue weighted by Crippen LogP contribution is 2.34. The zero-order valence-corrected chi connectivity index (χ0v) is 33.2. The van der Waals surface area contributed by atoms with Crippen LogP contribution in [0.2, 0.25) is 0 Å². The number of imide groups is 2. The maximum atomic E-state index is 13.1. The van der Waals surface area contributed by atoms with E-state index in [1.807, 2.05) is 30.3 Å². The molecule has 6 heterocycles. The predicted molar refractivity (Wildman–Crippen MR) is 215 cm³/mol. The summed E-state index contributed by atoms with van der Waals surface area (Å²) in [4.78, 5) is 66.7. The summed E-state index contributed by atoms with van der Waals surface area (Å²) in [6.45, 7) is 3.56. The number of ether oxygens (including phenoxy) is 4. The Morgan fingerprint density at radius 1 is 0.817 bits per heavy atom. The van der Waals surface area contributed by atoms with E-state index in [4.69, 9.17) is 28.5 Å². The molecule has 2 aromatic carbocycles. The van der Waals surface area contributed by atoms with Gasteiger partial charge < -0.3 is 28.4 Å². The lowest BCUT2D eigenvalue weighted by atomic mass is 9.91. The fourth-order valence-corrected chi connectivity index (χ4v) is 8.20. The summed E-state index contributed by atoms with van der Waals surface area (Å²) >= 11 is 0. The van der Waals surface area contributed by atoms with E-state index >= 15 is 0 Å². The Labute approximate surface area is 345 Å². The Morgan fingerprint density at radius 2 is 1.65 bits per heavy atom. The lowest BCUT2D eigenvalue weighted by Crippen LogP contribution is -2.54. The van der Waals surface area contributed by atoms with Gasteiger partial charge in [0.25, 0.3) is 17.7 Å². The third-order valence-corrected chi connectivity index (χ3v) is 11.6. The molecule has 1 saturated carbocycles. The molecule has 4 aliphatic rings. The molecule has 0 spiro atoms. The van der Waals surface area contributed by atoms with Gasteiger partial charge in [-0.3, -0.25) is 29.4 Å². The molecule has 16 heteroatoms. The zero-order chi connectivity index (χ0) is 41.2. The largest absolute Gasteiger partial charge is 0.494 e. The van der Waals surface area contributed by atoms with E-state index in [1.54, 1.807) is 43.6 Å². The van der Waals surface area contributed by atoms with Crippen LogP contribution < -0.4 is 19.5 Å². The van der Waals surface area contributed by atoms with Gasteiger partial charge in [0.2, 0.25) is 23.5 Å². The van der Waals surface area contributed by atoms with Crippen LogP contribution in [0, 0.1) is 0 Å². The van der Waals surface area contributed by atoms with Gasteiger partial charge in [-0.05, 0) is 93.6 Å². The number of hydrogen-bond acceptors (Lipinski definition) is 14. The molecule has 60 heavy (non-hydrogen) atoms. The molecule has 4 amide bonds. The highest BCUT2D eigenvalue weighted by molar-refractivity contribution is 6.23. The van der Waals surface area contributed by atoms with Crippen molar-refractivity contribution in [2.75, 3.05) is 33.4 Å². The highest BCUT2D eigenvalue weighted by Gasteiger charge is 2.44. The van der Waals surface area contributed by atoms with Crippen molar-refractivity contribution < 1.29 is 42.6 Å². The Morgan fingerprint density at radius 3 is 2.48 bits per heavy atom. The van der Waals surface area contributed by atoms with Crippen LogP contribution >= 0.6 is 0 Å². The molecule has 1 aliphatic carbocycles. The van der Waals surface area contributed by atoms with Crippen molar-refractivity contribution >= 4 is 34.5 Å². The zero-order valence-electron chi connectivity index (χ0n) is 33.2. The summed E-state index contributed by atoms with van der Waals surface area (Å²) in [6.07, 6.45) is 9.17. The van der Waals surface area contributed by atoms with Gasteiger partial charge in [-0.15, -0.1) is 0 Å². The number of rotatable bonds is 15. The first-order valence-electron chi connectivity index (χ1n) is 20.6. The van der Waals surface area contributed by atoms with Crippen molar-refractivity contribution in [1.29, 1.82) is 0 Å². The fraction of sp³-hybridized carbons (Fsp3) is 0.409. The van der Waals surface area contributed by atoms with Crippen molar-refractivity contribution in [1.82, 2.24) is 35.2 Å². The molecule has 1 unspecified atom stereocenters. The molecule has 9 rings (SSSR count). The van der Waals surface area contributed by atoms with Crippen LogP contribution in [0.25, 0.3) is 33.9 Å². The summed E-state index contributed by atoms with van der Waals surface area (Å²) < 4.78 is 29.4. The minimum atomic E-state index is -0.986. The van der Waals surface area contributed by atoms with Gasteiger partial charge in [0.15, 0.2) is 0 Å². The van der Waals surface area contributed by atoms with E-state index in [9.17, 15) is 19.2 Å². The monoisotopic (exact) mass is 815 g/mol. The molecule has 16 nitrogen and oxygen atoms in total. The SMILES string of the molecule is COc1cc(-c2nc(-c3ccc4cc(O[C@H]5C[C@H](OC6CCN(CCCCCOc7ccc8c(c7)C(=O)N(C7CCC(=O)NC7=O)C8=O)CC6)C5)ccc4n3)no2)ccn1. The topological polar surface area (TPSA) is 188 Å². The number of nitrogens with one attached hydrogen (secondary N) is 1. The standard InChI is InChI=1S/C44H45N7O9/c1-56-39-22-27(13-16-45-39)42-48-40(49-60-42)36-9-5-26-21-30(7-10-35(26)46-36)59-32-23-31(24-32)58-28-14-18-50(19-15-28)17-3-2-4-20-57-29-6-8-33-34(25-29)44(55)51(43(33)54)37-11-12-38(52)47-41(37)53/h5-10,13,16,21-22,25,28,31-32,37H,2-4,11-12,14-15,17-20,23-24H2,1H3,(H,47,52,53)/t31-,32-,37?. The number of methoxy groups -OCH3 is 1. The number of piperidine rings is 2. The third kappa shape index (κ3) is 8.43. The summed E-state index contributed by atoms with van der Waals surface area (Å²) in [5.41, 5.74) is 2.59. The first-order chi connectivity index (χ1) is 29.3. The van der Waals surface area contributed by atoms with Gasteiger partial charge in [0, 0.05) is 55.6 Å². The molecule has 3 fully saturated rings. The molecule has 5 aromatic rings. The van der Waals surface area contributed by atoms with Crippen LogP contribution in [-0.2, 0) is 14.3 Å². The van der Waals surface area contributed by atoms with Crippen molar-refractivity contribution in [3.63, 3.8) is 0 Å². The summed E-state index contributed by atoms with van der Waals surface area (Å²) in [5, 5.41) is 7.30. The second-order valence-electron chi connectivity index (χ2n) is 15.6. The Bertz CT molecular complexity index is 2420. The number of fused-ring (bicyclic) bond motifs is 2. The molecular weight excluding hydrogens is 771 g/mol. The van der Waals surface area contributed by atoms with Crippen molar-refractivity contribution in [2.24, 2.45) is 0 Å². The van der Waals surface area contributed by atoms with E-state index in [0.717, 1.165) is 86.1 Å². The Kier molecular flexibility index (Phi) is 11.2. The Balaban J connectivity index is 0.651. The minimum absolute atomic E-state index is 0.0824. The van der Waals surface area contributed by atoms with Crippen LogP contribution in [0.5, 0.6) is 17.4 Å². The van der Waals surface area contributed by atoms with E-state index in [2.05, 4.69) is 25.3 Å². The van der Waals surface area contributed by atoms with E-state index in [-0.39, 0.29) is 42.3 Å². The molecule has 0 radical (unpaired) electrons. The van der Waals surface area contributed by atoms with Crippen molar-refractivity contribution in [3.05, 3.63) is 78.0 Å². The third-order valence-electron chi connectivity index (χ3n) is 11.6. The number of carbonyl (C=O) groups is 4. The molecule has 0 bridgehead atoms. The molecule has 1 N–H and O–H groups in total. The van der Waals surface area contributed by atoms with Gasteiger partial charge in [0.1, 0.15) is 29.3 Å². The maximum absolute atomic E-state index is 13.1. The first kappa shape index (κ1) is 39.2. The highest BCUT2D eigenvalue weighted by atomic mass is 16.5. The van der Waals surface area contributed by atoms with Crippen LogP contribution in [-0.4, -0.2) is 111 Å². The summed E-state index contributed by atoms with van der Waals surface area (Å²) in [6, 6.07) is 17.1. The van der Waals surface area contributed by atoms with Crippen molar-refractivity contribution in [2.45, 2.75) is 82.1 Å². The van der Waals surface area contributed by atoms with E-state index in [1.165, 1.54) is 0 Å². The average Bonchev–Trinajstić information content (AvgIpc) is 3.84. The molecule has 3 aromatic heterocycles. The van der Waals surface area contributed by atoms with E-state index in [0.29, 0.717) is 41.2 Å². The second kappa shape index (κ2) is 17.1. The summed E-state index contributed by atoms with van der Waals surface area (Å²) in [7, 11) is 1.55. The Hall–Kier alpha value is -6.26. The number of benzene rings is 2. The van der Waals surface area contributed by atoms with Gasteiger partial charge in [-0.2, -0.15) is 4.98 Å². The average molecular weight is 816 g/mol. The number of unbranched alkanes of at least 4 members (excludes halogenated alkanes) is 2. The number of carbonyl (C=O) groups excluding carboxylic acids is 4. The van der Waals surface area contributed by atoms with Crippen LogP contribution in [0.1, 0.15) is 78.5 Å². The van der Waals surface area contributed by atoms with Gasteiger partial charge in [-0.25, -0.2) is 9.97 Å². The smallest absolute Gasteiger partial charge is 0.262 e. The number of nitrogens with zero attached hydrogens (tertiary/aromatic N) is 6. The predicted octanol–water partition coefficient (Wildman–Crippen LogP) is 5.40. The summed E-state index contributed by atoms with van der Waals surface area (Å²) in [5.74, 6) is 0.451. The number of pyridine rings is 2. The molecule has 1 atom stereocenters. The maximum Gasteiger partial charge on any atom is 0.262 e. The van der Waals surface area contributed by atoms with E-state index < -0.39 is 29.7 Å². The normalized spacial score (nSPS) is 20.9. The second-order valence-corrected chi connectivity index (χ2v) is 15.6. The number of hydrogen-bond donors (Lipinski definition) is 1.